The lowest BCUT2D eigenvalue weighted by atomic mass is 9.83. The van der Waals surface area contributed by atoms with E-state index in [1.165, 1.54) is 19.3 Å². The second kappa shape index (κ2) is 5.13. The molecule has 0 unspecified atom stereocenters. The minimum Gasteiger partial charge on any atom is -0.474 e. The third-order valence-corrected chi connectivity index (χ3v) is 3.88. The van der Waals surface area contributed by atoms with E-state index in [1.807, 2.05) is 24.3 Å². The number of benzene rings is 1. The van der Waals surface area contributed by atoms with E-state index in [0.29, 0.717) is 12.5 Å². The van der Waals surface area contributed by atoms with Crippen LogP contribution in [0.2, 0.25) is 0 Å². The molecule has 1 aliphatic carbocycles. The topological polar surface area (TPSA) is 61.0 Å². The molecule has 1 fully saturated rings. The monoisotopic (exact) mass is 257 g/mol. The lowest BCUT2D eigenvalue weighted by molar-refractivity contribution is 0.169. The Morgan fingerprint density at radius 3 is 2.79 bits per heavy atom. The van der Waals surface area contributed by atoms with Crippen molar-refractivity contribution < 1.29 is 4.74 Å². The average molecular weight is 257 g/mol. The number of ether oxygens (including phenoxy) is 1. The van der Waals surface area contributed by atoms with E-state index < -0.39 is 0 Å². The second-order valence-corrected chi connectivity index (χ2v) is 5.45. The Morgan fingerprint density at radius 1 is 1.16 bits per heavy atom. The maximum absolute atomic E-state index is 6.38. The van der Waals surface area contributed by atoms with Crippen molar-refractivity contribution in [3.05, 3.63) is 30.5 Å². The zero-order valence-corrected chi connectivity index (χ0v) is 11.0. The van der Waals surface area contributed by atoms with Crippen LogP contribution in [0.1, 0.15) is 32.1 Å². The van der Waals surface area contributed by atoms with Gasteiger partial charge in [-0.2, -0.15) is 5.10 Å². The molecular formula is C15H19N3O. The normalized spacial score (nSPS) is 18.4. The summed E-state index contributed by atoms with van der Waals surface area (Å²) < 4.78 is 5.86. The highest BCUT2D eigenvalue weighted by Crippen LogP contribution is 2.28. The van der Waals surface area contributed by atoms with Crippen LogP contribution in [-0.4, -0.2) is 22.3 Å². The Hall–Kier alpha value is -1.68. The number of nitrogens with zero attached hydrogens (tertiary/aromatic N) is 2. The van der Waals surface area contributed by atoms with Crippen LogP contribution in [0.15, 0.2) is 30.5 Å². The van der Waals surface area contributed by atoms with Gasteiger partial charge in [0.25, 0.3) is 0 Å². The van der Waals surface area contributed by atoms with Gasteiger partial charge in [-0.1, -0.05) is 37.5 Å². The average Bonchev–Trinajstić information content (AvgIpc) is 2.46. The molecule has 0 bridgehead atoms. The highest BCUT2D eigenvalue weighted by molar-refractivity contribution is 5.85. The molecule has 2 N–H and O–H groups in total. The van der Waals surface area contributed by atoms with Gasteiger partial charge in [-0.25, -0.2) is 0 Å². The summed E-state index contributed by atoms with van der Waals surface area (Å²) in [6.07, 6.45) is 7.49. The van der Waals surface area contributed by atoms with Crippen molar-refractivity contribution in [2.24, 2.45) is 5.73 Å². The van der Waals surface area contributed by atoms with Crippen molar-refractivity contribution >= 4 is 10.8 Å². The Balaban J connectivity index is 1.78. The third kappa shape index (κ3) is 2.68. The van der Waals surface area contributed by atoms with E-state index in [2.05, 4.69) is 10.2 Å². The number of aromatic nitrogens is 2. The molecule has 0 spiro atoms. The first-order valence-electron chi connectivity index (χ1n) is 6.89. The summed E-state index contributed by atoms with van der Waals surface area (Å²) in [6, 6.07) is 7.98. The molecule has 4 heteroatoms. The molecule has 1 aromatic carbocycles. The molecular weight excluding hydrogens is 238 g/mol. The number of fused-ring (bicyclic) bond motifs is 1. The van der Waals surface area contributed by atoms with Gasteiger partial charge in [-0.05, 0) is 18.9 Å². The molecule has 0 aliphatic heterocycles. The van der Waals surface area contributed by atoms with Crippen molar-refractivity contribution in [2.75, 3.05) is 6.61 Å². The van der Waals surface area contributed by atoms with Gasteiger partial charge in [0.1, 0.15) is 6.61 Å². The number of nitrogens with two attached hydrogens (primary N) is 1. The van der Waals surface area contributed by atoms with E-state index in [-0.39, 0.29) is 5.54 Å². The summed E-state index contributed by atoms with van der Waals surface area (Å²) in [6.45, 7) is 0.523. The van der Waals surface area contributed by atoms with E-state index in [0.717, 1.165) is 23.6 Å². The maximum Gasteiger partial charge on any atom is 0.241 e. The fourth-order valence-corrected chi connectivity index (χ4v) is 2.72. The molecule has 100 valence electrons. The van der Waals surface area contributed by atoms with Gasteiger partial charge in [-0.15, -0.1) is 5.10 Å². The Morgan fingerprint density at radius 2 is 1.95 bits per heavy atom. The first kappa shape index (κ1) is 12.4. The highest BCUT2D eigenvalue weighted by atomic mass is 16.5. The van der Waals surface area contributed by atoms with Crippen molar-refractivity contribution in [2.45, 2.75) is 37.6 Å². The van der Waals surface area contributed by atoms with E-state index >= 15 is 0 Å². The van der Waals surface area contributed by atoms with Crippen molar-refractivity contribution in [1.82, 2.24) is 10.2 Å². The molecule has 0 radical (unpaired) electrons. The Kier molecular flexibility index (Phi) is 3.34. The summed E-state index contributed by atoms with van der Waals surface area (Å²) in [7, 11) is 0. The molecule has 2 aromatic rings. The maximum atomic E-state index is 6.38. The zero-order valence-electron chi connectivity index (χ0n) is 11.0. The summed E-state index contributed by atoms with van der Waals surface area (Å²) >= 11 is 0. The summed E-state index contributed by atoms with van der Waals surface area (Å²) in [5.41, 5.74) is 6.18. The summed E-state index contributed by atoms with van der Waals surface area (Å²) in [5, 5.41) is 10.1. The van der Waals surface area contributed by atoms with Crippen LogP contribution < -0.4 is 10.5 Å². The zero-order chi connectivity index (χ0) is 13.1. The number of hydrogen-bond donors (Lipinski definition) is 1. The summed E-state index contributed by atoms with van der Waals surface area (Å²) in [5.74, 6) is 0.591. The molecule has 1 heterocycles. The molecule has 19 heavy (non-hydrogen) atoms. The fraction of sp³-hybridized carbons (Fsp3) is 0.467. The number of hydrogen-bond acceptors (Lipinski definition) is 4. The molecule has 1 aliphatic rings. The van der Waals surface area contributed by atoms with Gasteiger partial charge in [0.2, 0.25) is 5.88 Å². The first-order chi connectivity index (χ1) is 9.27. The number of rotatable bonds is 3. The van der Waals surface area contributed by atoms with Gasteiger partial charge in [0, 0.05) is 10.8 Å². The largest absolute Gasteiger partial charge is 0.474 e. The Bertz CT molecular complexity index is 559. The Labute approximate surface area is 113 Å². The van der Waals surface area contributed by atoms with Crippen molar-refractivity contribution in [3.63, 3.8) is 0 Å². The molecule has 0 amide bonds. The van der Waals surface area contributed by atoms with E-state index in [4.69, 9.17) is 10.5 Å². The van der Waals surface area contributed by atoms with Crippen LogP contribution in [0.3, 0.4) is 0 Å². The van der Waals surface area contributed by atoms with Crippen LogP contribution in [0.5, 0.6) is 5.88 Å². The predicted octanol–water partition coefficient (Wildman–Crippen LogP) is 2.67. The second-order valence-electron chi connectivity index (χ2n) is 5.45. The third-order valence-electron chi connectivity index (χ3n) is 3.88. The quantitative estimate of drug-likeness (QED) is 0.918. The van der Waals surface area contributed by atoms with Crippen LogP contribution in [0, 0.1) is 0 Å². The lowest BCUT2D eigenvalue weighted by Crippen LogP contribution is -2.47. The highest BCUT2D eigenvalue weighted by Gasteiger charge is 2.28. The van der Waals surface area contributed by atoms with Crippen LogP contribution >= 0.6 is 0 Å². The minimum absolute atomic E-state index is 0.198. The predicted molar refractivity (Wildman–Crippen MR) is 75.0 cm³/mol. The SMILES string of the molecule is NC1(COc2nncc3ccccc23)CCCCC1. The lowest BCUT2D eigenvalue weighted by Gasteiger charge is -2.32. The fourth-order valence-electron chi connectivity index (χ4n) is 2.72. The van der Waals surface area contributed by atoms with E-state index in [1.54, 1.807) is 6.20 Å². The van der Waals surface area contributed by atoms with E-state index in [9.17, 15) is 0 Å². The van der Waals surface area contributed by atoms with Gasteiger partial charge in [0.15, 0.2) is 0 Å². The molecule has 3 rings (SSSR count). The molecule has 4 nitrogen and oxygen atoms in total. The first-order valence-corrected chi connectivity index (χ1v) is 6.89. The van der Waals surface area contributed by atoms with Gasteiger partial charge < -0.3 is 10.5 Å². The standard InChI is InChI=1S/C15H19N3O/c16-15(8-4-1-5-9-15)11-19-14-13-7-3-2-6-12(13)10-17-18-14/h2-3,6-7,10H,1,4-5,8-9,11,16H2. The summed E-state index contributed by atoms with van der Waals surface area (Å²) in [4.78, 5) is 0. The van der Waals surface area contributed by atoms with Crippen LogP contribution in [0.25, 0.3) is 10.8 Å². The van der Waals surface area contributed by atoms with Crippen molar-refractivity contribution in [1.29, 1.82) is 0 Å². The molecule has 1 saturated carbocycles. The molecule has 0 atom stereocenters. The molecule has 1 aromatic heterocycles. The van der Waals surface area contributed by atoms with Crippen LogP contribution in [0.4, 0.5) is 0 Å². The van der Waals surface area contributed by atoms with Gasteiger partial charge in [-0.3, -0.25) is 0 Å². The smallest absolute Gasteiger partial charge is 0.241 e. The minimum atomic E-state index is -0.198. The van der Waals surface area contributed by atoms with Gasteiger partial charge >= 0.3 is 0 Å². The van der Waals surface area contributed by atoms with Crippen LogP contribution in [-0.2, 0) is 0 Å². The molecule has 0 saturated heterocycles. The van der Waals surface area contributed by atoms with Crippen molar-refractivity contribution in [3.8, 4) is 5.88 Å². The van der Waals surface area contributed by atoms with Gasteiger partial charge in [0.05, 0.1) is 11.7 Å².